The molecule has 0 spiro atoms. The second-order valence-corrected chi connectivity index (χ2v) is 6.69. The molecule has 2 amide bonds. The molecule has 0 atom stereocenters. The van der Waals surface area contributed by atoms with E-state index in [1.807, 2.05) is 38.1 Å². The van der Waals surface area contributed by atoms with Crippen LogP contribution in [0.2, 0.25) is 0 Å². The van der Waals surface area contributed by atoms with Crippen molar-refractivity contribution in [2.24, 2.45) is 0 Å². The van der Waals surface area contributed by atoms with Crippen LogP contribution < -0.4 is 15.0 Å². The molecule has 2 aromatic carbocycles. The first kappa shape index (κ1) is 18.0. The standard InChI is InChI=1S/C21H24N2O3/c1-15(2)26-18-11-9-17(10-12-18)22-20(24)14-21(25)23-13-5-7-16-6-3-4-8-19(16)23/h3-4,6,8-12,15H,5,7,13-14H2,1-2H3,(H,22,24). The first-order valence-corrected chi connectivity index (χ1v) is 8.98. The number of aryl methyl sites for hydroxylation is 1. The normalized spacial score (nSPS) is 13.3. The van der Waals surface area contributed by atoms with Gasteiger partial charge >= 0.3 is 0 Å². The fourth-order valence-electron chi connectivity index (χ4n) is 3.12. The number of ether oxygens (including phenoxy) is 1. The molecule has 1 aliphatic heterocycles. The summed E-state index contributed by atoms with van der Waals surface area (Å²) < 4.78 is 5.58. The molecule has 0 bridgehead atoms. The molecule has 5 nitrogen and oxygen atoms in total. The lowest BCUT2D eigenvalue weighted by molar-refractivity contribution is -0.125. The largest absolute Gasteiger partial charge is 0.491 e. The Kier molecular flexibility index (Phi) is 5.56. The minimum absolute atomic E-state index is 0.0977. The van der Waals surface area contributed by atoms with E-state index in [2.05, 4.69) is 5.32 Å². The second kappa shape index (κ2) is 8.04. The molecule has 5 heteroatoms. The van der Waals surface area contributed by atoms with E-state index in [1.165, 1.54) is 0 Å². The Morgan fingerprint density at radius 3 is 2.58 bits per heavy atom. The molecule has 1 N–H and O–H groups in total. The SMILES string of the molecule is CC(C)Oc1ccc(NC(=O)CC(=O)N2CCCc3ccccc32)cc1. The predicted octanol–water partition coefficient (Wildman–Crippen LogP) is 3.78. The maximum Gasteiger partial charge on any atom is 0.236 e. The Morgan fingerprint density at radius 2 is 1.85 bits per heavy atom. The molecule has 136 valence electrons. The van der Waals surface area contributed by atoms with E-state index in [0.717, 1.165) is 29.8 Å². The van der Waals surface area contributed by atoms with Gasteiger partial charge in [-0.2, -0.15) is 0 Å². The van der Waals surface area contributed by atoms with Crippen molar-refractivity contribution in [2.45, 2.75) is 39.2 Å². The summed E-state index contributed by atoms with van der Waals surface area (Å²) in [6, 6.07) is 15.0. The summed E-state index contributed by atoms with van der Waals surface area (Å²) in [6.07, 6.45) is 1.82. The number of fused-ring (bicyclic) bond motifs is 1. The van der Waals surface area contributed by atoms with Crippen molar-refractivity contribution < 1.29 is 14.3 Å². The number of rotatable bonds is 5. The Bertz CT molecular complexity index is 784. The number of hydrogen-bond acceptors (Lipinski definition) is 3. The summed E-state index contributed by atoms with van der Waals surface area (Å²) in [7, 11) is 0. The molecule has 3 rings (SSSR count). The Balaban J connectivity index is 1.59. The maximum absolute atomic E-state index is 12.6. The molecule has 2 aromatic rings. The number of benzene rings is 2. The lowest BCUT2D eigenvalue weighted by atomic mass is 10.0. The third-order valence-corrected chi connectivity index (χ3v) is 4.23. The zero-order valence-electron chi connectivity index (χ0n) is 15.2. The third kappa shape index (κ3) is 4.42. The number of hydrogen-bond donors (Lipinski definition) is 1. The zero-order valence-corrected chi connectivity index (χ0v) is 15.2. The van der Waals surface area contributed by atoms with Gasteiger partial charge in [-0.1, -0.05) is 18.2 Å². The van der Waals surface area contributed by atoms with Crippen molar-refractivity contribution in [3.63, 3.8) is 0 Å². The van der Waals surface area contributed by atoms with Gasteiger partial charge in [0.25, 0.3) is 0 Å². The van der Waals surface area contributed by atoms with Gasteiger partial charge in [-0.15, -0.1) is 0 Å². The van der Waals surface area contributed by atoms with Gasteiger partial charge in [0.15, 0.2) is 0 Å². The van der Waals surface area contributed by atoms with Crippen molar-refractivity contribution in [2.75, 3.05) is 16.8 Å². The first-order chi connectivity index (χ1) is 12.5. The van der Waals surface area contributed by atoms with Gasteiger partial charge in [0.2, 0.25) is 11.8 Å². The molecule has 0 saturated heterocycles. The highest BCUT2D eigenvalue weighted by Crippen LogP contribution is 2.27. The third-order valence-electron chi connectivity index (χ3n) is 4.23. The van der Waals surface area contributed by atoms with Crippen molar-refractivity contribution in [3.05, 3.63) is 54.1 Å². The highest BCUT2D eigenvalue weighted by molar-refractivity contribution is 6.09. The fourth-order valence-corrected chi connectivity index (χ4v) is 3.12. The molecule has 1 heterocycles. The van der Waals surface area contributed by atoms with Gasteiger partial charge in [-0.05, 0) is 62.6 Å². The van der Waals surface area contributed by atoms with Crippen molar-refractivity contribution >= 4 is 23.2 Å². The average molecular weight is 352 g/mol. The molecule has 1 aliphatic rings. The number of anilines is 2. The molecule has 0 aliphatic carbocycles. The smallest absolute Gasteiger partial charge is 0.236 e. The number of nitrogens with one attached hydrogen (secondary N) is 1. The van der Waals surface area contributed by atoms with E-state index in [-0.39, 0.29) is 24.3 Å². The molecule has 0 fully saturated rings. The lowest BCUT2D eigenvalue weighted by Crippen LogP contribution is -2.37. The quantitative estimate of drug-likeness (QED) is 0.833. The van der Waals surface area contributed by atoms with Crippen molar-refractivity contribution in [1.29, 1.82) is 0 Å². The Morgan fingerprint density at radius 1 is 1.12 bits per heavy atom. The van der Waals surface area contributed by atoms with Crippen LogP contribution in [0.15, 0.2) is 48.5 Å². The monoisotopic (exact) mass is 352 g/mol. The van der Waals surface area contributed by atoms with Gasteiger partial charge in [-0.3, -0.25) is 9.59 Å². The topological polar surface area (TPSA) is 58.6 Å². The molecule has 0 radical (unpaired) electrons. The fraction of sp³-hybridized carbons (Fsp3) is 0.333. The van der Waals surface area contributed by atoms with Gasteiger partial charge in [-0.25, -0.2) is 0 Å². The predicted molar refractivity (Wildman–Crippen MR) is 103 cm³/mol. The summed E-state index contributed by atoms with van der Waals surface area (Å²) in [5.41, 5.74) is 2.73. The van der Waals surface area contributed by atoms with E-state index in [4.69, 9.17) is 4.74 Å². The molecular formula is C21H24N2O3. The number of carbonyl (C=O) groups excluding carboxylic acids is 2. The number of amides is 2. The number of carbonyl (C=O) groups is 2. The number of nitrogens with zero attached hydrogens (tertiary/aromatic N) is 1. The molecule has 0 saturated carbocycles. The van der Waals surface area contributed by atoms with Gasteiger partial charge in [0.05, 0.1) is 6.10 Å². The van der Waals surface area contributed by atoms with Gasteiger partial charge in [0.1, 0.15) is 12.2 Å². The van der Waals surface area contributed by atoms with E-state index >= 15 is 0 Å². The van der Waals surface area contributed by atoms with E-state index < -0.39 is 0 Å². The molecule has 26 heavy (non-hydrogen) atoms. The van der Waals surface area contributed by atoms with Crippen LogP contribution in [0.1, 0.15) is 32.3 Å². The maximum atomic E-state index is 12.6. The minimum Gasteiger partial charge on any atom is -0.491 e. The summed E-state index contributed by atoms with van der Waals surface area (Å²) in [4.78, 5) is 26.6. The van der Waals surface area contributed by atoms with Crippen LogP contribution in [-0.2, 0) is 16.0 Å². The molecular weight excluding hydrogens is 328 g/mol. The first-order valence-electron chi connectivity index (χ1n) is 8.98. The van der Waals surface area contributed by atoms with Crippen LogP contribution in [0.5, 0.6) is 5.75 Å². The van der Waals surface area contributed by atoms with E-state index in [1.54, 1.807) is 29.2 Å². The van der Waals surface area contributed by atoms with Crippen LogP contribution in [0.4, 0.5) is 11.4 Å². The number of para-hydroxylation sites is 1. The van der Waals surface area contributed by atoms with Crippen LogP contribution in [0.25, 0.3) is 0 Å². The summed E-state index contributed by atoms with van der Waals surface area (Å²) in [6.45, 7) is 4.57. The Hall–Kier alpha value is -2.82. The van der Waals surface area contributed by atoms with E-state index in [0.29, 0.717) is 12.2 Å². The summed E-state index contributed by atoms with van der Waals surface area (Å²) >= 11 is 0. The second-order valence-electron chi connectivity index (χ2n) is 6.69. The average Bonchev–Trinajstić information content (AvgIpc) is 2.62. The van der Waals surface area contributed by atoms with Crippen LogP contribution in [0.3, 0.4) is 0 Å². The highest BCUT2D eigenvalue weighted by atomic mass is 16.5. The van der Waals surface area contributed by atoms with Crippen molar-refractivity contribution in [1.82, 2.24) is 0 Å². The summed E-state index contributed by atoms with van der Waals surface area (Å²) in [5, 5.41) is 2.77. The van der Waals surface area contributed by atoms with Crippen LogP contribution in [-0.4, -0.2) is 24.5 Å². The minimum atomic E-state index is -0.310. The Labute approximate surface area is 154 Å². The zero-order chi connectivity index (χ0) is 18.5. The van der Waals surface area contributed by atoms with Crippen LogP contribution >= 0.6 is 0 Å². The highest BCUT2D eigenvalue weighted by Gasteiger charge is 2.23. The van der Waals surface area contributed by atoms with Crippen molar-refractivity contribution in [3.8, 4) is 5.75 Å². The summed E-state index contributed by atoms with van der Waals surface area (Å²) in [5.74, 6) is 0.268. The molecule has 0 aromatic heterocycles. The van der Waals surface area contributed by atoms with Gasteiger partial charge in [0, 0.05) is 17.9 Å². The van der Waals surface area contributed by atoms with Gasteiger partial charge < -0.3 is 15.0 Å². The van der Waals surface area contributed by atoms with Crippen LogP contribution in [0, 0.1) is 0 Å². The lowest BCUT2D eigenvalue weighted by Gasteiger charge is -2.29. The molecule has 0 unspecified atom stereocenters. The van der Waals surface area contributed by atoms with E-state index in [9.17, 15) is 9.59 Å².